The molecule has 1 heterocycles. The zero-order valence-electron chi connectivity index (χ0n) is 11.4. The maximum Gasteiger partial charge on any atom is 0.0738 e. The Morgan fingerprint density at radius 1 is 1.30 bits per heavy atom. The van der Waals surface area contributed by atoms with Gasteiger partial charge in [0.15, 0.2) is 0 Å². The first kappa shape index (κ1) is 16.1. The van der Waals surface area contributed by atoms with Crippen LogP contribution in [0.4, 0.5) is 0 Å². The summed E-state index contributed by atoms with van der Waals surface area (Å²) in [6, 6.07) is 8.41. The lowest BCUT2D eigenvalue weighted by Crippen LogP contribution is -2.26. The predicted octanol–water partition coefficient (Wildman–Crippen LogP) is 3.92. The molecule has 1 unspecified atom stereocenters. The highest BCUT2D eigenvalue weighted by Gasteiger charge is 2.14. The molecule has 0 bridgehead atoms. The van der Waals surface area contributed by atoms with E-state index in [0.29, 0.717) is 0 Å². The van der Waals surface area contributed by atoms with E-state index in [-0.39, 0.29) is 6.04 Å². The standard InChI is InChI=1S/C14H17Br2N3S/c1-9-14(16)13(19(2)18-9)7-11(17)8-20-12-5-3-10(15)4-6-12/h3-6,11H,7-8,17H2,1-2H3. The molecule has 0 radical (unpaired) electrons. The first-order valence-electron chi connectivity index (χ1n) is 6.29. The fourth-order valence-corrected chi connectivity index (χ4v) is 3.56. The van der Waals surface area contributed by atoms with Gasteiger partial charge in [-0.15, -0.1) is 11.8 Å². The van der Waals surface area contributed by atoms with E-state index in [1.54, 1.807) is 11.8 Å². The summed E-state index contributed by atoms with van der Waals surface area (Å²) in [6.45, 7) is 2.00. The summed E-state index contributed by atoms with van der Waals surface area (Å²) in [6.07, 6.45) is 0.821. The third kappa shape index (κ3) is 4.10. The Bertz CT molecular complexity index is 581. The molecule has 1 aromatic heterocycles. The Hall–Kier alpha value is -0.300. The number of aromatic nitrogens is 2. The molecule has 6 heteroatoms. The average Bonchev–Trinajstić information content (AvgIpc) is 2.65. The van der Waals surface area contributed by atoms with Crippen molar-refractivity contribution in [3.63, 3.8) is 0 Å². The number of thioether (sulfide) groups is 1. The van der Waals surface area contributed by atoms with Crippen molar-refractivity contribution in [1.82, 2.24) is 9.78 Å². The third-order valence-electron chi connectivity index (χ3n) is 2.99. The first-order chi connectivity index (χ1) is 9.47. The number of nitrogens with two attached hydrogens (primary N) is 1. The molecule has 2 N–H and O–H groups in total. The van der Waals surface area contributed by atoms with Crippen LogP contribution in [0.25, 0.3) is 0 Å². The second kappa shape index (κ2) is 7.11. The van der Waals surface area contributed by atoms with Gasteiger partial charge in [-0.05, 0) is 47.1 Å². The van der Waals surface area contributed by atoms with Gasteiger partial charge in [0.2, 0.25) is 0 Å². The first-order valence-corrected chi connectivity index (χ1v) is 8.86. The van der Waals surface area contributed by atoms with Crippen molar-refractivity contribution in [2.75, 3.05) is 5.75 Å². The summed E-state index contributed by atoms with van der Waals surface area (Å²) in [5.74, 6) is 0.887. The minimum absolute atomic E-state index is 0.106. The lowest BCUT2D eigenvalue weighted by molar-refractivity contribution is 0.651. The molecule has 0 amide bonds. The number of rotatable bonds is 5. The largest absolute Gasteiger partial charge is 0.327 e. The summed E-state index contributed by atoms with van der Waals surface area (Å²) in [4.78, 5) is 1.24. The van der Waals surface area contributed by atoms with E-state index in [1.807, 2.05) is 18.7 Å². The smallest absolute Gasteiger partial charge is 0.0738 e. The predicted molar refractivity (Wildman–Crippen MR) is 92.2 cm³/mol. The van der Waals surface area contributed by atoms with Gasteiger partial charge in [0.1, 0.15) is 0 Å². The van der Waals surface area contributed by atoms with Gasteiger partial charge in [0.05, 0.1) is 15.9 Å². The fourth-order valence-electron chi connectivity index (χ4n) is 1.94. The molecule has 0 saturated heterocycles. The normalized spacial score (nSPS) is 12.7. The summed E-state index contributed by atoms with van der Waals surface area (Å²) in [7, 11) is 1.96. The van der Waals surface area contributed by atoms with Crippen LogP contribution in [0.1, 0.15) is 11.4 Å². The van der Waals surface area contributed by atoms with Crippen molar-refractivity contribution in [3.05, 3.63) is 44.6 Å². The molecule has 20 heavy (non-hydrogen) atoms. The summed E-state index contributed by atoms with van der Waals surface area (Å²) in [5, 5.41) is 4.39. The SMILES string of the molecule is Cc1nn(C)c(CC(N)CSc2ccc(Br)cc2)c1Br. The van der Waals surface area contributed by atoms with Gasteiger partial charge in [0.25, 0.3) is 0 Å². The molecule has 0 aliphatic rings. The van der Waals surface area contributed by atoms with Crippen molar-refractivity contribution in [3.8, 4) is 0 Å². The molecule has 0 saturated carbocycles. The monoisotopic (exact) mass is 417 g/mol. The Labute approximate surface area is 140 Å². The average molecular weight is 419 g/mol. The Morgan fingerprint density at radius 2 is 1.95 bits per heavy atom. The Kier molecular flexibility index (Phi) is 5.72. The van der Waals surface area contributed by atoms with Crippen LogP contribution < -0.4 is 5.73 Å². The van der Waals surface area contributed by atoms with Crippen LogP contribution in [0, 0.1) is 6.92 Å². The van der Waals surface area contributed by atoms with Gasteiger partial charge < -0.3 is 5.73 Å². The van der Waals surface area contributed by atoms with E-state index in [2.05, 4.69) is 61.2 Å². The topological polar surface area (TPSA) is 43.8 Å². The van der Waals surface area contributed by atoms with E-state index in [1.165, 1.54) is 4.90 Å². The summed E-state index contributed by atoms with van der Waals surface area (Å²) < 4.78 is 4.08. The number of hydrogen-bond donors (Lipinski definition) is 1. The number of aryl methyl sites for hydroxylation is 2. The second-order valence-corrected chi connectivity index (χ2v) is 7.50. The maximum absolute atomic E-state index is 6.24. The summed E-state index contributed by atoms with van der Waals surface area (Å²) in [5.41, 5.74) is 8.41. The van der Waals surface area contributed by atoms with Crippen molar-refractivity contribution in [2.24, 2.45) is 12.8 Å². The van der Waals surface area contributed by atoms with Crippen molar-refractivity contribution < 1.29 is 0 Å². The van der Waals surface area contributed by atoms with E-state index >= 15 is 0 Å². The number of hydrogen-bond acceptors (Lipinski definition) is 3. The van der Waals surface area contributed by atoms with Crippen LogP contribution >= 0.6 is 43.6 Å². The van der Waals surface area contributed by atoms with E-state index in [0.717, 1.165) is 32.5 Å². The maximum atomic E-state index is 6.24. The van der Waals surface area contributed by atoms with Gasteiger partial charge in [-0.1, -0.05) is 15.9 Å². The molecule has 108 valence electrons. The summed E-state index contributed by atoms with van der Waals surface area (Å²) >= 11 is 8.81. The van der Waals surface area contributed by atoms with Gasteiger partial charge in [-0.2, -0.15) is 5.10 Å². The highest BCUT2D eigenvalue weighted by Crippen LogP contribution is 2.24. The van der Waals surface area contributed by atoms with Gasteiger partial charge in [-0.3, -0.25) is 4.68 Å². The second-order valence-electron chi connectivity index (χ2n) is 4.70. The van der Waals surface area contributed by atoms with E-state index < -0.39 is 0 Å². The fraction of sp³-hybridized carbons (Fsp3) is 0.357. The molecule has 0 aliphatic carbocycles. The molecular weight excluding hydrogens is 402 g/mol. The lowest BCUT2D eigenvalue weighted by Gasteiger charge is -2.12. The van der Waals surface area contributed by atoms with Gasteiger partial charge in [0, 0.05) is 34.6 Å². The van der Waals surface area contributed by atoms with E-state index in [9.17, 15) is 0 Å². The minimum Gasteiger partial charge on any atom is -0.327 e. The van der Waals surface area contributed by atoms with Crippen molar-refractivity contribution in [1.29, 1.82) is 0 Å². The number of nitrogens with zero attached hydrogens (tertiary/aromatic N) is 2. The highest BCUT2D eigenvalue weighted by atomic mass is 79.9. The van der Waals surface area contributed by atoms with Gasteiger partial charge >= 0.3 is 0 Å². The Morgan fingerprint density at radius 3 is 2.50 bits per heavy atom. The van der Waals surface area contributed by atoms with Crippen LogP contribution in [0.3, 0.4) is 0 Å². The molecular formula is C14H17Br2N3S. The number of benzene rings is 1. The molecule has 2 aromatic rings. The van der Waals surface area contributed by atoms with Crippen molar-refractivity contribution >= 4 is 43.6 Å². The molecule has 1 atom stereocenters. The molecule has 0 aliphatic heterocycles. The van der Waals surface area contributed by atoms with Crippen LogP contribution in [-0.2, 0) is 13.5 Å². The van der Waals surface area contributed by atoms with E-state index in [4.69, 9.17) is 5.73 Å². The molecule has 2 rings (SSSR count). The van der Waals surface area contributed by atoms with Crippen LogP contribution in [0.2, 0.25) is 0 Å². The molecule has 1 aromatic carbocycles. The highest BCUT2D eigenvalue weighted by molar-refractivity contribution is 9.10. The quantitative estimate of drug-likeness (QED) is 0.748. The molecule has 0 fully saturated rings. The zero-order chi connectivity index (χ0) is 14.7. The van der Waals surface area contributed by atoms with Crippen LogP contribution in [0.5, 0.6) is 0 Å². The molecule has 3 nitrogen and oxygen atoms in total. The van der Waals surface area contributed by atoms with Gasteiger partial charge in [-0.25, -0.2) is 0 Å². The Balaban J connectivity index is 1.92. The van der Waals surface area contributed by atoms with Crippen LogP contribution in [-0.4, -0.2) is 21.6 Å². The number of halogens is 2. The third-order valence-corrected chi connectivity index (χ3v) is 5.76. The van der Waals surface area contributed by atoms with Crippen molar-refractivity contribution in [2.45, 2.75) is 24.3 Å². The van der Waals surface area contributed by atoms with Crippen LogP contribution in [0.15, 0.2) is 38.1 Å². The zero-order valence-corrected chi connectivity index (χ0v) is 15.4. The minimum atomic E-state index is 0.106. The lowest BCUT2D eigenvalue weighted by atomic mass is 10.2. The molecule has 0 spiro atoms.